The van der Waals surface area contributed by atoms with Gasteiger partial charge < -0.3 is 4.90 Å². The monoisotopic (exact) mass is 715 g/mol. The fourth-order valence-electron chi connectivity index (χ4n) is 8.97. The van der Waals surface area contributed by atoms with Gasteiger partial charge in [0.1, 0.15) is 0 Å². The lowest BCUT2D eigenvalue weighted by molar-refractivity contribution is 0.660. The summed E-state index contributed by atoms with van der Waals surface area (Å²) in [5.41, 5.74) is 18.3. The van der Waals surface area contributed by atoms with E-state index in [4.69, 9.17) is 0 Å². The van der Waals surface area contributed by atoms with Crippen molar-refractivity contribution in [1.82, 2.24) is 0 Å². The maximum absolute atomic E-state index is 2.46. The largest absolute Gasteiger partial charge is 0.310 e. The lowest BCUT2D eigenvalue weighted by Gasteiger charge is -2.30. The Bertz CT molecular complexity index is 2860. The summed E-state index contributed by atoms with van der Waals surface area (Å²) in [6.07, 6.45) is 0. The Balaban J connectivity index is 1.16. The highest BCUT2D eigenvalue weighted by atomic mass is 15.1. The van der Waals surface area contributed by atoms with Crippen LogP contribution in [0.2, 0.25) is 0 Å². The molecular formula is C55H41N. The summed E-state index contributed by atoms with van der Waals surface area (Å²) in [4.78, 5) is 2.46. The molecule has 0 amide bonds. The second kappa shape index (κ2) is 13.7. The van der Waals surface area contributed by atoms with Crippen molar-refractivity contribution in [3.05, 3.63) is 223 Å². The zero-order valence-electron chi connectivity index (χ0n) is 31.7. The van der Waals surface area contributed by atoms with E-state index >= 15 is 0 Å². The van der Waals surface area contributed by atoms with Gasteiger partial charge in [0.15, 0.2) is 0 Å². The summed E-state index contributed by atoms with van der Waals surface area (Å²) in [6.45, 7) is 4.72. The van der Waals surface area contributed by atoms with Crippen LogP contribution in [-0.2, 0) is 5.41 Å². The van der Waals surface area contributed by atoms with Crippen LogP contribution in [0.25, 0.3) is 66.4 Å². The SMILES string of the molecule is CC1(C)c2ccccc2-c2ccc(N(c3ccc(-c4cccc5cccc(-c6ccccc6)c45)cc3)c3ccccc3-c3ccccc3-c3ccccc3)cc21. The molecule has 0 aliphatic heterocycles. The van der Waals surface area contributed by atoms with Gasteiger partial charge in [-0.15, -0.1) is 0 Å². The van der Waals surface area contributed by atoms with Crippen molar-refractivity contribution < 1.29 is 0 Å². The van der Waals surface area contributed by atoms with Crippen LogP contribution in [0.3, 0.4) is 0 Å². The van der Waals surface area contributed by atoms with E-state index in [1.54, 1.807) is 0 Å². The number of nitrogens with zero attached hydrogens (tertiary/aromatic N) is 1. The molecule has 266 valence electrons. The Kier molecular flexibility index (Phi) is 8.23. The maximum Gasteiger partial charge on any atom is 0.0540 e. The third-order valence-electron chi connectivity index (χ3n) is 11.7. The van der Waals surface area contributed by atoms with Gasteiger partial charge in [-0.3, -0.25) is 0 Å². The van der Waals surface area contributed by atoms with E-state index in [-0.39, 0.29) is 5.41 Å². The van der Waals surface area contributed by atoms with E-state index in [1.807, 2.05) is 0 Å². The third kappa shape index (κ3) is 5.63. The van der Waals surface area contributed by atoms with Crippen LogP contribution in [0.4, 0.5) is 17.1 Å². The van der Waals surface area contributed by atoms with E-state index in [9.17, 15) is 0 Å². The Morgan fingerprint density at radius 1 is 0.321 bits per heavy atom. The first kappa shape index (κ1) is 33.6. The van der Waals surface area contributed by atoms with E-state index in [2.05, 4.69) is 231 Å². The molecule has 0 saturated heterocycles. The number of para-hydroxylation sites is 1. The van der Waals surface area contributed by atoms with Gasteiger partial charge in [0.25, 0.3) is 0 Å². The predicted molar refractivity (Wildman–Crippen MR) is 238 cm³/mol. The van der Waals surface area contributed by atoms with Crippen molar-refractivity contribution in [1.29, 1.82) is 0 Å². The quantitative estimate of drug-likeness (QED) is 0.159. The second-order valence-corrected chi connectivity index (χ2v) is 15.3. The third-order valence-corrected chi connectivity index (χ3v) is 11.7. The topological polar surface area (TPSA) is 3.24 Å². The smallest absolute Gasteiger partial charge is 0.0540 e. The number of benzene rings is 9. The number of hydrogen-bond acceptors (Lipinski definition) is 1. The first-order valence-electron chi connectivity index (χ1n) is 19.5. The van der Waals surface area contributed by atoms with Crippen LogP contribution in [0, 0.1) is 0 Å². The average Bonchev–Trinajstić information content (AvgIpc) is 3.49. The fourth-order valence-corrected chi connectivity index (χ4v) is 8.97. The lowest BCUT2D eigenvalue weighted by Crippen LogP contribution is -2.17. The van der Waals surface area contributed by atoms with Gasteiger partial charge in [0.2, 0.25) is 0 Å². The molecular weight excluding hydrogens is 675 g/mol. The molecule has 0 N–H and O–H groups in total. The molecule has 9 aromatic carbocycles. The molecule has 0 aromatic heterocycles. The number of hydrogen-bond donors (Lipinski definition) is 0. The Morgan fingerprint density at radius 2 is 0.804 bits per heavy atom. The van der Waals surface area contributed by atoms with Gasteiger partial charge in [-0.05, 0) is 102 Å². The maximum atomic E-state index is 2.46. The second-order valence-electron chi connectivity index (χ2n) is 15.3. The molecule has 9 aromatic rings. The molecule has 0 saturated carbocycles. The molecule has 56 heavy (non-hydrogen) atoms. The molecule has 0 bridgehead atoms. The van der Waals surface area contributed by atoms with Crippen LogP contribution in [-0.4, -0.2) is 0 Å². The highest BCUT2D eigenvalue weighted by Crippen LogP contribution is 2.51. The predicted octanol–water partition coefficient (Wildman–Crippen LogP) is 15.3. The van der Waals surface area contributed by atoms with Gasteiger partial charge in [-0.25, -0.2) is 0 Å². The molecule has 10 rings (SSSR count). The van der Waals surface area contributed by atoms with Gasteiger partial charge >= 0.3 is 0 Å². The first-order chi connectivity index (χ1) is 27.6. The Labute approximate surface area is 329 Å². The summed E-state index contributed by atoms with van der Waals surface area (Å²) in [7, 11) is 0. The van der Waals surface area contributed by atoms with Crippen LogP contribution in [0.15, 0.2) is 212 Å². The van der Waals surface area contributed by atoms with E-state index in [0.717, 1.165) is 17.1 Å². The van der Waals surface area contributed by atoms with Crippen molar-refractivity contribution in [2.24, 2.45) is 0 Å². The highest BCUT2D eigenvalue weighted by Gasteiger charge is 2.36. The average molecular weight is 716 g/mol. The zero-order valence-corrected chi connectivity index (χ0v) is 31.7. The van der Waals surface area contributed by atoms with Gasteiger partial charge in [0, 0.05) is 22.4 Å². The van der Waals surface area contributed by atoms with E-state index < -0.39 is 0 Å². The van der Waals surface area contributed by atoms with E-state index in [0.29, 0.717) is 0 Å². The van der Waals surface area contributed by atoms with Crippen molar-refractivity contribution in [2.45, 2.75) is 19.3 Å². The molecule has 0 radical (unpaired) electrons. The minimum atomic E-state index is -0.123. The van der Waals surface area contributed by atoms with Crippen LogP contribution in [0.1, 0.15) is 25.0 Å². The van der Waals surface area contributed by atoms with Gasteiger partial charge in [0.05, 0.1) is 5.69 Å². The highest BCUT2D eigenvalue weighted by molar-refractivity contribution is 6.06. The molecule has 1 nitrogen and oxygen atoms in total. The summed E-state index contributed by atoms with van der Waals surface area (Å²) in [5.74, 6) is 0. The molecule has 0 fully saturated rings. The van der Waals surface area contributed by atoms with Crippen LogP contribution in [0.5, 0.6) is 0 Å². The number of rotatable bonds is 7. The Hall–Kier alpha value is -6.96. The standard InChI is InChI=1S/C55H41N/c1-55(2)51-29-13-11-25-48(51)49-36-35-43(37-52(49)55)56(53-30-14-12-26-50(53)47-24-10-9-23-44(47)38-17-5-3-6-18-38)42-33-31-40(32-34-42)46-28-16-22-41-21-15-27-45(54(41)46)39-19-7-4-8-20-39/h3-37H,1-2H3. The molecule has 0 heterocycles. The van der Waals surface area contributed by atoms with Gasteiger partial charge in [-0.1, -0.05) is 196 Å². The molecule has 1 aliphatic rings. The molecule has 0 unspecified atom stereocenters. The minimum absolute atomic E-state index is 0.123. The van der Waals surface area contributed by atoms with Crippen molar-refractivity contribution >= 4 is 27.8 Å². The van der Waals surface area contributed by atoms with Crippen molar-refractivity contribution in [2.75, 3.05) is 4.90 Å². The summed E-state index contributed by atoms with van der Waals surface area (Å²) in [5, 5.41) is 2.51. The number of anilines is 3. The number of fused-ring (bicyclic) bond motifs is 4. The summed E-state index contributed by atoms with van der Waals surface area (Å²) in [6, 6.07) is 77.6. The van der Waals surface area contributed by atoms with Crippen LogP contribution < -0.4 is 4.90 Å². The summed E-state index contributed by atoms with van der Waals surface area (Å²) < 4.78 is 0. The van der Waals surface area contributed by atoms with Crippen molar-refractivity contribution in [3.63, 3.8) is 0 Å². The normalized spacial score (nSPS) is 12.6. The van der Waals surface area contributed by atoms with Crippen molar-refractivity contribution in [3.8, 4) is 55.6 Å². The lowest BCUT2D eigenvalue weighted by atomic mass is 9.82. The Morgan fingerprint density at radius 3 is 1.48 bits per heavy atom. The van der Waals surface area contributed by atoms with E-state index in [1.165, 1.54) is 77.5 Å². The molecule has 0 spiro atoms. The zero-order chi connectivity index (χ0) is 37.6. The summed E-state index contributed by atoms with van der Waals surface area (Å²) >= 11 is 0. The molecule has 1 aliphatic carbocycles. The molecule has 0 atom stereocenters. The fraction of sp³-hybridized carbons (Fsp3) is 0.0545. The van der Waals surface area contributed by atoms with Crippen LogP contribution >= 0.6 is 0 Å². The first-order valence-corrected chi connectivity index (χ1v) is 19.5. The minimum Gasteiger partial charge on any atom is -0.310 e. The molecule has 1 heteroatoms. The van der Waals surface area contributed by atoms with Gasteiger partial charge in [-0.2, -0.15) is 0 Å².